The van der Waals surface area contributed by atoms with Crippen LogP contribution in [0.1, 0.15) is 32.9 Å². The van der Waals surface area contributed by atoms with Crippen LogP contribution in [0.15, 0.2) is 30.7 Å². The summed E-state index contributed by atoms with van der Waals surface area (Å²) in [5.41, 5.74) is 3.03. The van der Waals surface area contributed by atoms with Gasteiger partial charge in [-0.25, -0.2) is 19.7 Å². The van der Waals surface area contributed by atoms with E-state index in [1.165, 1.54) is 0 Å². The molecule has 32 heavy (non-hydrogen) atoms. The molecular formula is C23H28N6O3. The van der Waals surface area contributed by atoms with Gasteiger partial charge < -0.3 is 14.4 Å². The van der Waals surface area contributed by atoms with E-state index in [1.54, 1.807) is 4.90 Å². The molecule has 2 aliphatic rings. The van der Waals surface area contributed by atoms with Gasteiger partial charge in [-0.15, -0.1) is 0 Å². The fourth-order valence-corrected chi connectivity index (χ4v) is 4.11. The fraction of sp³-hybridized carbons (Fsp3) is 0.478. The van der Waals surface area contributed by atoms with Crippen molar-refractivity contribution < 1.29 is 14.3 Å². The summed E-state index contributed by atoms with van der Waals surface area (Å²) in [6.45, 7) is 9.23. The summed E-state index contributed by atoms with van der Waals surface area (Å²) in [4.78, 5) is 30.6. The molecule has 9 nitrogen and oxygen atoms in total. The Balaban J connectivity index is 1.48. The maximum Gasteiger partial charge on any atom is 0.416 e. The summed E-state index contributed by atoms with van der Waals surface area (Å²) >= 11 is 0. The van der Waals surface area contributed by atoms with Crippen molar-refractivity contribution in [1.82, 2.24) is 19.4 Å². The topological polar surface area (TPSA) is 85.1 Å². The number of anilines is 2. The molecule has 1 saturated heterocycles. The number of aromatic nitrogens is 4. The van der Waals surface area contributed by atoms with Crippen molar-refractivity contribution in [2.45, 2.75) is 39.2 Å². The van der Waals surface area contributed by atoms with E-state index < -0.39 is 5.60 Å². The van der Waals surface area contributed by atoms with Gasteiger partial charge in [0, 0.05) is 49.4 Å². The van der Waals surface area contributed by atoms with Gasteiger partial charge in [-0.3, -0.25) is 9.30 Å². The van der Waals surface area contributed by atoms with E-state index in [-0.39, 0.29) is 6.09 Å². The molecule has 0 atom stereocenters. The molecule has 0 unspecified atom stereocenters. The van der Waals surface area contributed by atoms with Crippen LogP contribution in [0, 0.1) is 0 Å². The molecule has 3 aromatic rings. The number of carbonyl (C=O) groups is 1. The van der Waals surface area contributed by atoms with Crippen LogP contribution < -0.4 is 9.80 Å². The van der Waals surface area contributed by atoms with Crippen molar-refractivity contribution in [3.05, 3.63) is 36.4 Å². The highest BCUT2D eigenvalue weighted by Gasteiger charge is 2.31. The first-order valence-electron chi connectivity index (χ1n) is 11.1. The van der Waals surface area contributed by atoms with Gasteiger partial charge in [0.05, 0.1) is 18.9 Å². The highest BCUT2D eigenvalue weighted by Crippen LogP contribution is 2.31. The number of carbonyl (C=O) groups excluding carboxylic acids is 1. The molecule has 0 spiro atoms. The SMILES string of the molecule is CC(C)(C)OC(=O)N1CCCc2nc3ccc(-c4cnc(N5CCOCC5)nc4)cn3c21. The monoisotopic (exact) mass is 436 g/mol. The van der Waals surface area contributed by atoms with Crippen LogP contribution in [-0.2, 0) is 15.9 Å². The lowest BCUT2D eigenvalue weighted by molar-refractivity contribution is 0.0576. The van der Waals surface area contributed by atoms with Gasteiger partial charge in [-0.05, 0) is 45.7 Å². The zero-order valence-corrected chi connectivity index (χ0v) is 18.7. The van der Waals surface area contributed by atoms with Crippen molar-refractivity contribution in [2.24, 2.45) is 0 Å². The maximum atomic E-state index is 12.9. The van der Waals surface area contributed by atoms with Gasteiger partial charge >= 0.3 is 6.09 Å². The number of morpholine rings is 1. The van der Waals surface area contributed by atoms with Crippen LogP contribution in [0.25, 0.3) is 16.8 Å². The van der Waals surface area contributed by atoms with Crippen LogP contribution in [0.2, 0.25) is 0 Å². The Kier molecular flexibility index (Phi) is 5.21. The second-order valence-electron chi connectivity index (χ2n) is 9.13. The molecule has 0 N–H and O–H groups in total. The second kappa shape index (κ2) is 8.05. The molecule has 0 bridgehead atoms. The first-order chi connectivity index (χ1) is 15.4. The van der Waals surface area contributed by atoms with Crippen LogP contribution in [-0.4, -0.2) is 63.9 Å². The van der Waals surface area contributed by atoms with E-state index in [9.17, 15) is 4.79 Å². The largest absolute Gasteiger partial charge is 0.443 e. The Bertz CT molecular complexity index is 1130. The summed E-state index contributed by atoms with van der Waals surface area (Å²) < 4.78 is 13.0. The second-order valence-corrected chi connectivity index (χ2v) is 9.13. The lowest BCUT2D eigenvalue weighted by Gasteiger charge is -2.29. The minimum absolute atomic E-state index is 0.344. The molecule has 5 heterocycles. The van der Waals surface area contributed by atoms with Crippen LogP contribution in [0.4, 0.5) is 16.6 Å². The molecule has 0 aromatic carbocycles. The van der Waals surface area contributed by atoms with Crippen molar-refractivity contribution >= 4 is 23.5 Å². The molecule has 0 radical (unpaired) electrons. The Morgan fingerprint density at radius 2 is 1.81 bits per heavy atom. The zero-order valence-electron chi connectivity index (χ0n) is 18.7. The number of amides is 1. The number of ether oxygens (including phenoxy) is 2. The Hall–Kier alpha value is -3.20. The third kappa shape index (κ3) is 4.00. The van der Waals surface area contributed by atoms with Gasteiger partial charge in [0.2, 0.25) is 5.95 Å². The molecule has 1 amide bonds. The number of nitrogens with zero attached hydrogens (tertiary/aromatic N) is 6. The Labute approximate surface area is 187 Å². The fourth-order valence-electron chi connectivity index (χ4n) is 4.11. The number of hydrogen-bond acceptors (Lipinski definition) is 7. The molecule has 5 rings (SSSR count). The van der Waals surface area contributed by atoms with Gasteiger partial charge in [-0.2, -0.15) is 0 Å². The van der Waals surface area contributed by atoms with Crippen LogP contribution in [0.5, 0.6) is 0 Å². The lowest BCUT2D eigenvalue weighted by atomic mass is 10.1. The summed E-state index contributed by atoms with van der Waals surface area (Å²) in [5, 5.41) is 0. The van der Waals surface area contributed by atoms with Gasteiger partial charge in [0.15, 0.2) is 0 Å². The summed E-state index contributed by atoms with van der Waals surface area (Å²) in [5.74, 6) is 1.50. The molecule has 0 saturated carbocycles. The smallest absolute Gasteiger partial charge is 0.416 e. The number of pyridine rings is 1. The zero-order chi connectivity index (χ0) is 22.3. The van der Waals surface area contributed by atoms with Gasteiger partial charge in [0.1, 0.15) is 17.1 Å². The first-order valence-corrected chi connectivity index (χ1v) is 11.1. The molecule has 3 aromatic heterocycles. The molecule has 9 heteroatoms. The number of rotatable bonds is 2. The number of fused-ring (bicyclic) bond motifs is 3. The molecule has 1 fully saturated rings. The van der Waals surface area contributed by atoms with E-state index in [0.29, 0.717) is 25.7 Å². The highest BCUT2D eigenvalue weighted by molar-refractivity contribution is 5.89. The number of imidazole rings is 1. The highest BCUT2D eigenvalue weighted by atomic mass is 16.6. The first kappa shape index (κ1) is 20.7. The van der Waals surface area contributed by atoms with Crippen molar-refractivity contribution in [2.75, 3.05) is 42.6 Å². The third-order valence-corrected chi connectivity index (χ3v) is 5.59. The van der Waals surface area contributed by atoms with Crippen molar-refractivity contribution in [3.63, 3.8) is 0 Å². The van der Waals surface area contributed by atoms with E-state index in [0.717, 1.165) is 54.2 Å². The van der Waals surface area contributed by atoms with Crippen LogP contribution >= 0.6 is 0 Å². The summed E-state index contributed by atoms with van der Waals surface area (Å²) in [6, 6.07) is 3.98. The van der Waals surface area contributed by atoms with E-state index in [4.69, 9.17) is 14.5 Å². The minimum atomic E-state index is -0.556. The Morgan fingerprint density at radius 3 is 2.53 bits per heavy atom. The van der Waals surface area contributed by atoms with Crippen LogP contribution in [0.3, 0.4) is 0 Å². The van der Waals surface area contributed by atoms with Crippen molar-refractivity contribution in [3.8, 4) is 11.1 Å². The standard InChI is InChI=1S/C23H28N6O3/c1-23(2,3)32-22(30)28-8-4-5-18-20(28)29-15-16(6-7-19(29)26-18)17-13-24-21(25-14-17)27-9-11-31-12-10-27/h6-7,13-15H,4-5,8-12H2,1-3H3. The van der Waals surface area contributed by atoms with Crippen molar-refractivity contribution in [1.29, 1.82) is 0 Å². The average molecular weight is 437 g/mol. The van der Waals surface area contributed by atoms with Gasteiger partial charge in [0.25, 0.3) is 0 Å². The Morgan fingerprint density at radius 1 is 1.06 bits per heavy atom. The molecule has 168 valence electrons. The minimum Gasteiger partial charge on any atom is -0.443 e. The lowest BCUT2D eigenvalue weighted by Crippen LogP contribution is -2.40. The third-order valence-electron chi connectivity index (χ3n) is 5.59. The number of aryl methyl sites for hydroxylation is 1. The van der Waals surface area contributed by atoms with Gasteiger partial charge in [-0.1, -0.05) is 0 Å². The molecular weight excluding hydrogens is 408 g/mol. The summed E-state index contributed by atoms with van der Waals surface area (Å²) in [7, 11) is 0. The average Bonchev–Trinajstić information content (AvgIpc) is 3.16. The normalized spacial score (nSPS) is 16.8. The predicted molar refractivity (Wildman–Crippen MR) is 121 cm³/mol. The molecule has 0 aliphatic carbocycles. The van der Waals surface area contributed by atoms with E-state index in [1.807, 2.05) is 55.9 Å². The number of hydrogen-bond donors (Lipinski definition) is 0. The molecule has 2 aliphatic heterocycles. The van der Waals surface area contributed by atoms with E-state index in [2.05, 4.69) is 14.9 Å². The quantitative estimate of drug-likeness (QED) is 0.609. The van der Waals surface area contributed by atoms with E-state index >= 15 is 0 Å². The summed E-state index contributed by atoms with van der Waals surface area (Å²) in [6.07, 6.45) is 7.03. The predicted octanol–water partition coefficient (Wildman–Crippen LogP) is 3.32. The maximum absolute atomic E-state index is 12.9.